The Hall–Kier alpha value is -3.80. The molecule has 0 aliphatic heterocycles. The molecule has 2 aromatic carbocycles. The van der Waals surface area contributed by atoms with Crippen LogP contribution in [-0.4, -0.2) is 49.0 Å². The standard InChI is InChI=1S/C20H18F2N6O3S/c1-28(19-14-4-5-15(21)17(22)18(14)26-27-19)16-6-7-23-20(25-16)24-11-8-12(31-2)10-13(9-11)32(3,29)30/h4-10H,1-3H3,(H,26,27)(H,23,24,25). The molecule has 2 heterocycles. The molecule has 0 bridgehead atoms. The summed E-state index contributed by atoms with van der Waals surface area (Å²) in [5.41, 5.74) is 0.358. The Balaban J connectivity index is 1.67. The SMILES string of the molecule is COc1cc(Nc2nccc(N(C)c3n[nH]c4c(F)c(F)ccc34)n2)cc(S(C)(=O)=O)c1. The van der Waals surface area contributed by atoms with Crippen LogP contribution >= 0.6 is 0 Å². The summed E-state index contributed by atoms with van der Waals surface area (Å²) in [6.07, 6.45) is 2.59. The quantitative estimate of drug-likeness (QED) is 0.449. The Bertz CT molecular complexity index is 1420. The number of benzene rings is 2. The number of aromatic amines is 1. The second-order valence-corrected chi connectivity index (χ2v) is 8.94. The topological polar surface area (TPSA) is 113 Å². The number of rotatable bonds is 6. The molecule has 9 nitrogen and oxygen atoms in total. The van der Waals surface area contributed by atoms with Crippen LogP contribution in [0.1, 0.15) is 0 Å². The first kappa shape index (κ1) is 21.4. The van der Waals surface area contributed by atoms with E-state index in [0.717, 1.165) is 12.3 Å². The van der Waals surface area contributed by atoms with Crippen LogP contribution in [0.15, 0.2) is 47.5 Å². The molecular weight excluding hydrogens is 442 g/mol. The number of hydrogen-bond acceptors (Lipinski definition) is 8. The number of nitrogens with one attached hydrogen (secondary N) is 2. The molecule has 166 valence electrons. The van der Waals surface area contributed by atoms with Crippen molar-refractivity contribution in [3.05, 3.63) is 54.2 Å². The van der Waals surface area contributed by atoms with Crippen molar-refractivity contribution in [3.8, 4) is 5.75 Å². The number of methoxy groups -OCH3 is 1. The van der Waals surface area contributed by atoms with Crippen LogP contribution < -0.4 is 15.0 Å². The van der Waals surface area contributed by atoms with Crippen LogP contribution in [-0.2, 0) is 9.84 Å². The van der Waals surface area contributed by atoms with Crippen LogP contribution in [0.4, 0.5) is 32.1 Å². The maximum absolute atomic E-state index is 14.0. The zero-order valence-electron chi connectivity index (χ0n) is 17.2. The number of H-pyrrole nitrogens is 1. The molecule has 0 unspecified atom stereocenters. The number of hydrogen-bond donors (Lipinski definition) is 2. The molecular formula is C20H18F2N6O3S. The number of nitrogens with zero attached hydrogens (tertiary/aromatic N) is 4. The molecule has 12 heteroatoms. The van der Waals surface area contributed by atoms with Crippen LogP contribution in [0.5, 0.6) is 5.75 Å². The summed E-state index contributed by atoms with van der Waals surface area (Å²) in [7, 11) is -0.373. The molecule has 0 amide bonds. The summed E-state index contributed by atoms with van der Waals surface area (Å²) in [5, 5.41) is 9.91. The van der Waals surface area contributed by atoms with Crippen molar-refractivity contribution in [3.63, 3.8) is 0 Å². The van der Waals surface area contributed by atoms with E-state index in [2.05, 4.69) is 25.5 Å². The van der Waals surface area contributed by atoms with Gasteiger partial charge in [-0.3, -0.25) is 5.10 Å². The second kappa shape index (κ2) is 8.04. The van der Waals surface area contributed by atoms with Gasteiger partial charge >= 0.3 is 0 Å². The van der Waals surface area contributed by atoms with E-state index < -0.39 is 21.5 Å². The van der Waals surface area contributed by atoms with E-state index in [4.69, 9.17) is 4.74 Å². The average Bonchev–Trinajstić information content (AvgIpc) is 3.20. The van der Waals surface area contributed by atoms with E-state index in [0.29, 0.717) is 28.5 Å². The van der Waals surface area contributed by atoms with Gasteiger partial charge in [0.2, 0.25) is 5.95 Å². The van der Waals surface area contributed by atoms with E-state index in [1.54, 1.807) is 24.1 Å². The number of fused-ring (bicyclic) bond motifs is 1. The number of halogens is 2. The van der Waals surface area contributed by atoms with Crippen LogP contribution in [0.3, 0.4) is 0 Å². The highest BCUT2D eigenvalue weighted by Crippen LogP contribution is 2.31. The van der Waals surface area contributed by atoms with Crippen LogP contribution in [0.2, 0.25) is 0 Å². The average molecular weight is 460 g/mol. The van der Waals surface area contributed by atoms with Gasteiger partial charge in [-0.2, -0.15) is 10.1 Å². The zero-order chi connectivity index (χ0) is 23.0. The summed E-state index contributed by atoms with van der Waals surface area (Å²) >= 11 is 0. The van der Waals surface area contributed by atoms with Gasteiger partial charge in [-0.05, 0) is 30.3 Å². The van der Waals surface area contributed by atoms with Gasteiger partial charge in [0.05, 0.1) is 12.0 Å². The summed E-state index contributed by atoms with van der Waals surface area (Å²) in [6.45, 7) is 0. The lowest BCUT2D eigenvalue weighted by Gasteiger charge is -2.17. The summed E-state index contributed by atoms with van der Waals surface area (Å²) in [4.78, 5) is 10.2. The molecule has 0 fully saturated rings. The third-order valence-corrected chi connectivity index (χ3v) is 5.80. The molecule has 4 rings (SSSR count). The fourth-order valence-electron chi connectivity index (χ4n) is 3.08. The van der Waals surface area contributed by atoms with Gasteiger partial charge < -0.3 is 15.0 Å². The predicted octanol–water partition coefficient (Wildman–Crippen LogP) is 3.55. The van der Waals surface area contributed by atoms with E-state index in [9.17, 15) is 17.2 Å². The minimum absolute atomic E-state index is 0.0519. The maximum Gasteiger partial charge on any atom is 0.229 e. The van der Waals surface area contributed by atoms with Gasteiger partial charge in [0.15, 0.2) is 27.3 Å². The van der Waals surface area contributed by atoms with E-state index in [-0.39, 0.29) is 16.4 Å². The van der Waals surface area contributed by atoms with Crippen molar-refractivity contribution in [2.45, 2.75) is 4.90 Å². The highest BCUT2D eigenvalue weighted by atomic mass is 32.2. The number of sulfone groups is 1. The molecule has 0 radical (unpaired) electrons. The monoisotopic (exact) mass is 460 g/mol. The Labute approximate surface area is 182 Å². The fourth-order valence-corrected chi connectivity index (χ4v) is 3.75. The Morgan fingerprint density at radius 1 is 1.16 bits per heavy atom. The van der Waals surface area contributed by atoms with Crippen molar-refractivity contribution in [1.29, 1.82) is 0 Å². The molecule has 0 aliphatic carbocycles. The van der Waals surface area contributed by atoms with E-state index in [1.807, 2.05) is 0 Å². The molecule has 0 saturated heterocycles. The molecule has 0 saturated carbocycles. The largest absolute Gasteiger partial charge is 0.497 e. The van der Waals surface area contributed by atoms with Crippen LogP contribution in [0, 0.1) is 11.6 Å². The first-order valence-electron chi connectivity index (χ1n) is 9.22. The lowest BCUT2D eigenvalue weighted by atomic mass is 10.2. The third kappa shape index (κ3) is 4.04. The smallest absolute Gasteiger partial charge is 0.229 e. The molecule has 4 aromatic rings. The van der Waals surface area contributed by atoms with Crippen molar-refractivity contribution in [2.24, 2.45) is 0 Å². The number of anilines is 4. The molecule has 0 aliphatic rings. The maximum atomic E-state index is 14.0. The van der Waals surface area contributed by atoms with E-state index >= 15 is 0 Å². The van der Waals surface area contributed by atoms with Gasteiger partial charge in [0.25, 0.3) is 0 Å². The number of ether oxygens (including phenoxy) is 1. The highest BCUT2D eigenvalue weighted by Gasteiger charge is 2.18. The first-order valence-corrected chi connectivity index (χ1v) is 11.1. The molecule has 2 aromatic heterocycles. The summed E-state index contributed by atoms with van der Waals surface area (Å²) < 4.78 is 56.6. The Morgan fingerprint density at radius 2 is 1.94 bits per heavy atom. The normalized spacial score (nSPS) is 11.5. The Morgan fingerprint density at radius 3 is 2.66 bits per heavy atom. The van der Waals surface area contributed by atoms with Gasteiger partial charge in [-0.1, -0.05) is 0 Å². The minimum Gasteiger partial charge on any atom is -0.497 e. The van der Waals surface area contributed by atoms with Crippen molar-refractivity contribution in [2.75, 3.05) is 30.6 Å². The van der Waals surface area contributed by atoms with E-state index in [1.165, 1.54) is 31.5 Å². The van der Waals surface area contributed by atoms with Crippen molar-refractivity contribution >= 4 is 44.0 Å². The predicted molar refractivity (Wildman–Crippen MR) is 115 cm³/mol. The lowest BCUT2D eigenvalue weighted by Crippen LogP contribution is -2.13. The lowest BCUT2D eigenvalue weighted by molar-refractivity contribution is 0.413. The van der Waals surface area contributed by atoms with Crippen molar-refractivity contribution in [1.82, 2.24) is 20.2 Å². The molecule has 0 spiro atoms. The Kier molecular flexibility index (Phi) is 5.38. The minimum atomic E-state index is -3.47. The summed E-state index contributed by atoms with van der Waals surface area (Å²) in [6, 6.07) is 8.52. The molecule has 32 heavy (non-hydrogen) atoms. The fraction of sp³-hybridized carbons (Fsp3) is 0.150. The molecule has 0 atom stereocenters. The van der Waals surface area contributed by atoms with Gasteiger partial charge in [0.1, 0.15) is 17.1 Å². The number of aromatic nitrogens is 4. The third-order valence-electron chi connectivity index (χ3n) is 4.71. The van der Waals surface area contributed by atoms with Gasteiger partial charge in [0, 0.05) is 36.6 Å². The first-order chi connectivity index (χ1) is 15.2. The van der Waals surface area contributed by atoms with Gasteiger partial charge in [-0.15, -0.1) is 0 Å². The van der Waals surface area contributed by atoms with Crippen LogP contribution in [0.25, 0.3) is 10.9 Å². The zero-order valence-corrected chi connectivity index (χ0v) is 18.0. The van der Waals surface area contributed by atoms with Crippen molar-refractivity contribution < 1.29 is 21.9 Å². The highest BCUT2D eigenvalue weighted by molar-refractivity contribution is 7.90. The molecule has 2 N–H and O–H groups in total. The summed E-state index contributed by atoms with van der Waals surface area (Å²) in [5.74, 6) is -0.716. The second-order valence-electron chi connectivity index (χ2n) is 6.92. The van der Waals surface area contributed by atoms with Gasteiger partial charge in [-0.25, -0.2) is 22.2 Å².